The van der Waals surface area contributed by atoms with Crippen LogP contribution in [0, 0.1) is 0 Å². The van der Waals surface area contributed by atoms with Crippen molar-refractivity contribution >= 4 is 52.0 Å². The standard InChI is InChI=1S/C7H5BrO2.C7H4Cl2O2/c8-6-1-2-7(10)5(3-6)4-9;8-6-3-1-2-5(4-10)7(6)11-9/h1-4,10H;1-4H. The van der Waals surface area contributed by atoms with Crippen molar-refractivity contribution in [2.24, 2.45) is 0 Å². The second-order valence-corrected chi connectivity index (χ2v) is 5.15. The fourth-order valence-electron chi connectivity index (χ4n) is 1.32. The number of aldehydes is 2. The van der Waals surface area contributed by atoms with Gasteiger partial charge in [-0.2, -0.15) is 0 Å². The molecule has 0 unspecified atom stereocenters. The van der Waals surface area contributed by atoms with Gasteiger partial charge in [0.2, 0.25) is 0 Å². The topological polar surface area (TPSA) is 63.6 Å². The molecule has 0 amide bonds. The summed E-state index contributed by atoms with van der Waals surface area (Å²) in [7, 11) is 0. The van der Waals surface area contributed by atoms with E-state index >= 15 is 0 Å². The molecular weight excluding hydrogens is 383 g/mol. The quantitative estimate of drug-likeness (QED) is 0.773. The third kappa shape index (κ3) is 5.04. The van der Waals surface area contributed by atoms with Crippen molar-refractivity contribution in [1.29, 1.82) is 0 Å². The predicted molar refractivity (Wildman–Crippen MR) is 84.5 cm³/mol. The molecule has 0 aromatic heterocycles. The average molecular weight is 392 g/mol. The summed E-state index contributed by atoms with van der Waals surface area (Å²) in [5, 5.41) is 9.31. The molecule has 0 saturated heterocycles. The largest absolute Gasteiger partial charge is 0.507 e. The number of hydrogen-bond donors (Lipinski definition) is 1. The molecule has 0 fully saturated rings. The van der Waals surface area contributed by atoms with Crippen LogP contribution in [0.1, 0.15) is 20.7 Å². The molecule has 0 spiro atoms. The van der Waals surface area contributed by atoms with Gasteiger partial charge in [0.05, 0.1) is 16.1 Å². The Bertz CT molecular complexity index is 647. The second kappa shape index (κ2) is 8.67. The first-order valence-electron chi connectivity index (χ1n) is 5.49. The molecule has 110 valence electrons. The Morgan fingerprint density at radius 3 is 2.24 bits per heavy atom. The van der Waals surface area contributed by atoms with Gasteiger partial charge in [-0.3, -0.25) is 9.59 Å². The van der Waals surface area contributed by atoms with Gasteiger partial charge in [0.25, 0.3) is 0 Å². The number of carbonyl (C=O) groups excluding carboxylic acids is 2. The Kier molecular flexibility index (Phi) is 7.22. The maximum absolute atomic E-state index is 10.3. The van der Waals surface area contributed by atoms with Gasteiger partial charge in [-0.15, -0.1) is 0 Å². The lowest BCUT2D eigenvalue weighted by Crippen LogP contribution is -1.85. The van der Waals surface area contributed by atoms with E-state index < -0.39 is 0 Å². The predicted octanol–water partition coefficient (Wildman–Crippen LogP) is 4.65. The summed E-state index contributed by atoms with van der Waals surface area (Å²) in [4.78, 5) is 20.5. The van der Waals surface area contributed by atoms with Crippen LogP contribution in [0.25, 0.3) is 0 Å². The molecule has 0 atom stereocenters. The molecule has 21 heavy (non-hydrogen) atoms. The number of halogens is 3. The maximum atomic E-state index is 10.3. The van der Waals surface area contributed by atoms with Crippen molar-refractivity contribution in [3.63, 3.8) is 0 Å². The Labute approximate surface area is 139 Å². The fourth-order valence-corrected chi connectivity index (χ4v) is 2.13. The first-order chi connectivity index (χ1) is 10.0. The number of carbonyl (C=O) groups is 2. The average Bonchev–Trinajstić information content (AvgIpc) is 2.50. The van der Waals surface area contributed by atoms with Crippen LogP contribution in [-0.2, 0) is 0 Å². The Balaban J connectivity index is 0.000000211. The summed E-state index contributed by atoms with van der Waals surface area (Å²) >= 11 is 13.9. The highest BCUT2D eigenvalue weighted by atomic mass is 79.9. The van der Waals surface area contributed by atoms with Crippen LogP contribution in [0.5, 0.6) is 11.5 Å². The fraction of sp³-hybridized carbons (Fsp3) is 0. The molecule has 0 bridgehead atoms. The van der Waals surface area contributed by atoms with Gasteiger partial charge in [0.15, 0.2) is 18.3 Å². The molecule has 2 aromatic rings. The maximum Gasteiger partial charge on any atom is 0.175 e. The summed E-state index contributed by atoms with van der Waals surface area (Å²) < 4.78 is 5.16. The molecule has 0 aliphatic carbocycles. The summed E-state index contributed by atoms with van der Waals surface area (Å²) in [6, 6.07) is 9.49. The van der Waals surface area contributed by atoms with E-state index in [1.54, 1.807) is 30.3 Å². The van der Waals surface area contributed by atoms with Crippen LogP contribution in [0.4, 0.5) is 0 Å². The number of aromatic hydroxyl groups is 1. The zero-order chi connectivity index (χ0) is 15.8. The lowest BCUT2D eigenvalue weighted by Gasteiger charge is -2.00. The van der Waals surface area contributed by atoms with Crippen LogP contribution in [0.3, 0.4) is 0 Å². The molecule has 1 N–H and O–H groups in total. The van der Waals surface area contributed by atoms with Crippen molar-refractivity contribution in [2.45, 2.75) is 0 Å². The van der Waals surface area contributed by atoms with Crippen molar-refractivity contribution < 1.29 is 19.0 Å². The molecule has 7 heteroatoms. The number of phenols is 1. The number of benzene rings is 2. The van der Waals surface area contributed by atoms with E-state index in [2.05, 4.69) is 20.2 Å². The highest BCUT2D eigenvalue weighted by molar-refractivity contribution is 9.10. The zero-order valence-corrected chi connectivity index (χ0v) is 13.5. The van der Waals surface area contributed by atoms with E-state index in [4.69, 9.17) is 28.6 Å². The van der Waals surface area contributed by atoms with Crippen molar-refractivity contribution in [3.05, 3.63) is 57.0 Å². The van der Waals surface area contributed by atoms with Crippen LogP contribution in [-0.4, -0.2) is 17.7 Å². The molecule has 0 aliphatic rings. The SMILES string of the molecule is O=Cc1cc(Br)ccc1O.O=Cc1cccc(Cl)c1OCl. The molecule has 0 aliphatic heterocycles. The summed E-state index contributed by atoms with van der Waals surface area (Å²) in [5.74, 6) is 0.212. The molecule has 2 rings (SSSR count). The third-order valence-corrected chi connectivity index (χ3v) is 3.26. The van der Waals surface area contributed by atoms with E-state index in [-0.39, 0.29) is 11.5 Å². The van der Waals surface area contributed by atoms with Crippen molar-refractivity contribution in [1.82, 2.24) is 0 Å². The van der Waals surface area contributed by atoms with E-state index in [0.717, 1.165) is 4.47 Å². The van der Waals surface area contributed by atoms with Crippen LogP contribution in [0.15, 0.2) is 40.9 Å². The lowest BCUT2D eigenvalue weighted by molar-refractivity contribution is 0.111. The van der Waals surface area contributed by atoms with Gasteiger partial charge in [-0.1, -0.05) is 33.6 Å². The normalized spacial score (nSPS) is 9.29. The number of para-hydroxylation sites is 1. The summed E-state index contributed by atoms with van der Waals surface area (Å²) in [6.45, 7) is 0. The molecule has 0 radical (unpaired) electrons. The first kappa shape index (κ1) is 17.5. The smallest absolute Gasteiger partial charge is 0.175 e. The monoisotopic (exact) mass is 390 g/mol. The molecule has 0 heterocycles. The van der Waals surface area contributed by atoms with E-state index in [1.807, 2.05) is 0 Å². The van der Waals surface area contributed by atoms with Gasteiger partial charge < -0.3 is 9.40 Å². The Hall–Kier alpha value is -1.56. The van der Waals surface area contributed by atoms with Gasteiger partial charge in [0.1, 0.15) is 17.6 Å². The number of rotatable bonds is 3. The highest BCUT2D eigenvalue weighted by Crippen LogP contribution is 2.28. The van der Waals surface area contributed by atoms with E-state index in [9.17, 15) is 9.59 Å². The minimum atomic E-state index is 0.0122. The van der Waals surface area contributed by atoms with E-state index in [1.165, 1.54) is 6.07 Å². The second-order valence-electron chi connectivity index (χ2n) is 3.67. The number of hydrogen-bond acceptors (Lipinski definition) is 4. The highest BCUT2D eigenvalue weighted by Gasteiger charge is 2.06. The minimum absolute atomic E-state index is 0.0122. The first-order valence-corrected chi connectivity index (χ1v) is 6.97. The van der Waals surface area contributed by atoms with Gasteiger partial charge in [-0.05, 0) is 30.3 Å². The van der Waals surface area contributed by atoms with Crippen molar-refractivity contribution in [2.75, 3.05) is 0 Å². The van der Waals surface area contributed by atoms with Crippen LogP contribution < -0.4 is 4.29 Å². The zero-order valence-electron chi connectivity index (χ0n) is 10.4. The Morgan fingerprint density at radius 2 is 1.76 bits per heavy atom. The summed E-state index contributed by atoms with van der Waals surface area (Å²) in [5.41, 5.74) is 0.641. The Morgan fingerprint density at radius 1 is 1.10 bits per heavy atom. The van der Waals surface area contributed by atoms with Gasteiger partial charge >= 0.3 is 0 Å². The van der Waals surface area contributed by atoms with Crippen LogP contribution >= 0.6 is 39.4 Å². The summed E-state index contributed by atoms with van der Waals surface area (Å²) in [6.07, 6.45) is 1.24. The number of phenolic OH excluding ortho intramolecular Hbond substituents is 1. The minimum Gasteiger partial charge on any atom is -0.507 e. The van der Waals surface area contributed by atoms with Gasteiger partial charge in [0, 0.05) is 4.47 Å². The molecular formula is C14H9BrCl2O4. The van der Waals surface area contributed by atoms with Gasteiger partial charge in [-0.25, -0.2) is 0 Å². The van der Waals surface area contributed by atoms with Crippen LogP contribution in [0.2, 0.25) is 5.02 Å². The molecule has 2 aromatic carbocycles. The van der Waals surface area contributed by atoms with E-state index in [0.29, 0.717) is 28.7 Å². The third-order valence-electron chi connectivity index (χ3n) is 2.32. The molecule has 0 saturated carbocycles. The lowest BCUT2D eigenvalue weighted by atomic mass is 10.2. The molecule has 4 nitrogen and oxygen atoms in total. The van der Waals surface area contributed by atoms with Crippen molar-refractivity contribution in [3.8, 4) is 11.5 Å².